The minimum Gasteiger partial charge on any atom is -0.492 e. The number of methoxy groups -OCH3 is 1. The second-order valence-corrected chi connectivity index (χ2v) is 4.30. The molecule has 1 aromatic rings. The number of halogens is 3. The van der Waals surface area contributed by atoms with Gasteiger partial charge in [0.15, 0.2) is 0 Å². The molecule has 0 radical (unpaired) electrons. The summed E-state index contributed by atoms with van der Waals surface area (Å²) in [5, 5.41) is 2.99. The zero-order valence-corrected chi connectivity index (χ0v) is 11.8. The quantitative estimate of drug-likeness (QED) is 0.591. The average Bonchev–Trinajstić information content (AvgIpc) is 2.44. The van der Waals surface area contributed by atoms with Crippen molar-refractivity contribution < 1.29 is 22.6 Å². The fourth-order valence-corrected chi connectivity index (χ4v) is 1.66. The van der Waals surface area contributed by atoms with Crippen molar-refractivity contribution in [3.8, 4) is 18.1 Å². The molecular weight excluding hydrogens is 283 g/mol. The topological polar surface area (TPSA) is 30.5 Å². The summed E-state index contributed by atoms with van der Waals surface area (Å²) in [5.41, 5.74) is -0.256. The lowest BCUT2D eigenvalue weighted by Gasteiger charge is -2.15. The third-order valence-electron chi connectivity index (χ3n) is 2.67. The molecule has 0 unspecified atom stereocenters. The highest BCUT2D eigenvalue weighted by atomic mass is 19.4. The molecule has 21 heavy (non-hydrogen) atoms. The van der Waals surface area contributed by atoms with Crippen molar-refractivity contribution in [1.82, 2.24) is 5.32 Å². The van der Waals surface area contributed by atoms with Crippen molar-refractivity contribution in [3.05, 3.63) is 29.3 Å². The Balaban J connectivity index is 2.79. The Labute approximate surface area is 122 Å². The van der Waals surface area contributed by atoms with Gasteiger partial charge in [-0.25, -0.2) is 0 Å². The van der Waals surface area contributed by atoms with Crippen molar-refractivity contribution in [2.24, 2.45) is 0 Å². The Bertz CT molecular complexity index is 481. The molecule has 1 rings (SSSR count). The lowest BCUT2D eigenvalue weighted by atomic mass is 10.1. The first-order valence-electron chi connectivity index (χ1n) is 6.45. The molecule has 0 aliphatic heterocycles. The third-order valence-corrected chi connectivity index (χ3v) is 2.67. The number of terminal acetylenes is 1. The Morgan fingerprint density at radius 1 is 1.29 bits per heavy atom. The Kier molecular flexibility index (Phi) is 7.06. The number of alkyl halides is 3. The van der Waals surface area contributed by atoms with Gasteiger partial charge >= 0.3 is 6.18 Å². The van der Waals surface area contributed by atoms with E-state index in [-0.39, 0.29) is 18.8 Å². The van der Waals surface area contributed by atoms with Crippen LogP contribution in [-0.2, 0) is 17.5 Å². The van der Waals surface area contributed by atoms with E-state index < -0.39 is 11.7 Å². The molecule has 0 saturated heterocycles. The van der Waals surface area contributed by atoms with Crippen LogP contribution in [0.25, 0.3) is 0 Å². The molecule has 0 aliphatic rings. The third kappa shape index (κ3) is 6.06. The molecular formula is C15H18F3NO2. The van der Waals surface area contributed by atoms with Crippen LogP contribution in [0.3, 0.4) is 0 Å². The number of rotatable bonds is 8. The van der Waals surface area contributed by atoms with E-state index in [1.807, 2.05) is 0 Å². The van der Waals surface area contributed by atoms with Crippen LogP contribution in [0, 0.1) is 12.3 Å². The highest BCUT2D eigenvalue weighted by molar-refractivity contribution is 5.39. The van der Waals surface area contributed by atoms with Crippen LogP contribution < -0.4 is 10.1 Å². The van der Waals surface area contributed by atoms with Gasteiger partial charge in [-0.2, -0.15) is 13.2 Å². The molecule has 0 spiro atoms. The van der Waals surface area contributed by atoms with Gasteiger partial charge in [0.2, 0.25) is 0 Å². The molecule has 3 nitrogen and oxygen atoms in total. The summed E-state index contributed by atoms with van der Waals surface area (Å²) in [4.78, 5) is 0. The SMILES string of the molecule is C#CCCOc1ccc(CNCCOC)cc1C(F)(F)F. The van der Waals surface area contributed by atoms with E-state index in [9.17, 15) is 13.2 Å². The molecule has 0 amide bonds. The maximum atomic E-state index is 13.0. The number of hydrogen-bond acceptors (Lipinski definition) is 3. The van der Waals surface area contributed by atoms with Crippen LogP contribution in [-0.4, -0.2) is 26.9 Å². The summed E-state index contributed by atoms with van der Waals surface area (Å²) in [5.74, 6) is 2.12. The molecule has 0 saturated carbocycles. The summed E-state index contributed by atoms with van der Waals surface area (Å²) in [7, 11) is 1.56. The lowest BCUT2D eigenvalue weighted by Crippen LogP contribution is -2.19. The maximum absolute atomic E-state index is 13.0. The Morgan fingerprint density at radius 3 is 2.67 bits per heavy atom. The maximum Gasteiger partial charge on any atom is 0.419 e. The van der Waals surface area contributed by atoms with Crippen molar-refractivity contribution in [3.63, 3.8) is 0 Å². The standard InChI is InChI=1S/C15H18F3NO2/c1-3-4-8-21-14-6-5-12(11-19-7-9-20-2)10-13(14)15(16,17)18/h1,5-6,10,19H,4,7-9,11H2,2H3. The minimum atomic E-state index is -4.46. The summed E-state index contributed by atoms with van der Waals surface area (Å²) in [6.45, 7) is 1.46. The molecule has 0 aliphatic carbocycles. The van der Waals surface area contributed by atoms with Crippen molar-refractivity contribution in [2.75, 3.05) is 26.9 Å². The lowest BCUT2D eigenvalue weighted by molar-refractivity contribution is -0.139. The molecule has 0 fully saturated rings. The number of hydrogen-bond donors (Lipinski definition) is 1. The van der Waals surface area contributed by atoms with Gasteiger partial charge in [-0.3, -0.25) is 0 Å². The van der Waals surface area contributed by atoms with Crippen molar-refractivity contribution in [1.29, 1.82) is 0 Å². The molecule has 0 bridgehead atoms. The monoisotopic (exact) mass is 301 g/mol. The molecule has 6 heteroatoms. The first kappa shape index (κ1) is 17.3. The zero-order chi connectivity index (χ0) is 15.7. The number of ether oxygens (including phenoxy) is 2. The predicted octanol–water partition coefficient (Wildman–Crippen LogP) is 2.84. The highest BCUT2D eigenvalue weighted by Gasteiger charge is 2.34. The van der Waals surface area contributed by atoms with Gasteiger partial charge in [-0.1, -0.05) is 6.07 Å². The molecule has 1 aromatic carbocycles. The average molecular weight is 301 g/mol. The van der Waals surface area contributed by atoms with Crippen LogP contribution in [0.1, 0.15) is 17.5 Å². The van der Waals surface area contributed by atoms with Crippen LogP contribution in [0.5, 0.6) is 5.75 Å². The van der Waals surface area contributed by atoms with E-state index in [0.29, 0.717) is 25.3 Å². The summed E-state index contributed by atoms with van der Waals surface area (Å²) in [6.07, 6.45) is 0.847. The summed E-state index contributed by atoms with van der Waals surface area (Å²) < 4.78 is 49.0. The second-order valence-electron chi connectivity index (χ2n) is 4.30. The van der Waals surface area contributed by atoms with E-state index in [2.05, 4.69) is 11.2 Å². The van der Waals surface area contributed by atoms with Gasteiger partial charge < -0.3 is 14.8 Å². The van der Waals surface area contributed by atoms with Gasteiger partial charge in [-0.05, 0) is 17.7 Å². The van der Waals surface area contributed by atoms with Crippen LogP contribution in [0.2, 0.25) is 0 Å². The molecule has 0 aromatic heterocycles. The normalized spacial score (nSPS) is 11.2. The van der Waals surface area contributed by atoms with Gasteiger partial charge in [0, 0.05) is 26.6 Å². The van der Waals surface area contributed by atoms with E-state index in [4.69, 9.17) is 15.9 Å². The number of benzene rings is 1. The van der Waals surface area contributed by atoms with Crippen LogP contribution in [0.4, 0.5) is 13.2 Å². The Morgan fingerprint density at radius 2 is 2.05 bits per heavy atom. The van der Waals surface area contributed by atoms with Crippen molar-refractivity contribution >= 4 is 0 Å². The van der Waals surface area contributed by atoms with Crippen molar-refractivity contribution in [2.45, 2.75) is 19.1 Å². The molecule has 116 valence electrons. The minimum absolute atomic E-state index is 0.0605. The van der Waals surface area contributed by atoms with Gasteiger partial charge in [0.05, 0.1) is 18.8 Å². The molecule has 1 N–H and O–H groups in total. The number of nitrogens with one attached hydrogen (secondary N) is 1. The van der Waals surface area contributed by atoms with Gasteiger partial charge in [-0.15, -0.1) is 12.3 Å². The summed E-state index contributed by atoms with van der Waals surface area (Å²) >= 11 is 0. The van der Waals surface area contributed by atoms with E-state index in [1.165, 1.54) is 6.07 Å². The fourth-order valence-electron chi connectivity index (χ4n) is 1.66. The molecule has 0 heterocycles. The first-order chi connectivity index (χ1) is 9.99. The highest BCUT2D eigenvalue weighted by Crippen LogP contribution is 2.36. The van der Waals surface area contributed by atoms with Crippen LogP contribution >= 0.6 is 0 Å². The fraction of sp³-hybridized carbons (Fsp3) is 0.467. The van der Waals surface area contributed by atoms with Gasteiger partial charge in [0.25, 0.3) is 0 Å². The second kappa shape index (κ2) is 8.55. The predicted molar refractivity (Wildman–Crippen MR) is 74.0 cm³/mol. The summed E-state index contributed by atoms with van der Waals surface area (Å²) in [6, 6.07) is 4.01. The Hall–Kier alpha value is -1.71. The first-order valence-corrected chi connectivity index (χ1v) is 6.45. The van der Waals surface area contributed by atoms with Crippen LogP contribution in [0.15, 0.2) is 18.2 Å². The molecule has 0 atom stereocenters. The van der Waals surface area contributed by atoms with Gasteiger partial charge in [0.1, 0.15) is 5.75 Å². The smallest absolute Gasteiger partial charge is 0.419 e. The zero-order valence-electron chi connectivity index (χ0n) is 11.8. The van der Waals surface area contributed by atoms with E-state index in [0.717, 1.165) is 6.07 Å². The van der Waals surface area contributed by atoms with E-state index in [1.54, 1.807) is 13.2 Å². The largest absolute Gasteiger partial charge is 0.492 e. The van der Waals surface area contributed by atoms with E-state index >= 15 is 0 Å².